The van der Waals surface area contributed by atoms with E-state index in [2.05, 4.69) is 150 Å². The number of hydrogen-bond donors (Lipinski definition) is 0. The molecule has 3 aromatic rings. The monoisotopic (exact) mass is 614 g/mol. The molecule has 219 valence electrons. The first-order valence-electron chi connectivity index (χ1n) is 15.3. The molecule has 1 aliphatic heterocycles. The van der Waals surface area contributed by atoms with Crippen LogP contribution in [0.4, 0.5) is 11.4 Å². The summed E-state index contributed by atoms with van der Waals surface area (Å²) in [6, 6.07) is 13.9. The molecule has 0 N–H and O–H groups in total. The molecule has 0 fully saturated rings. The first kappa shape index (κ1) is 31.2. The molecule has 41 heavy (non-hydrogen) atoms. The molecule has 2 heterocycles. The third-order valence-electron chi connectivity index (χ3n) is 8.94. The quantitative estimate of drug-likeness (QED) is 0.198. The molecule has 5 heteroatoms. The van der Waals surface area contributed by atoms with E-state index < -0.39 is 14.8 Å². The normalized spacial score (nSPS) is 14.9. The van der Waals surface area contributed by atoms with Crippen LogP contribution in [0.5, 0.6) is 0 Å². The molecule has 4 rings (SSSR count). The summed E-state index contributed by atoms with van der Waals surface area (Å²) >= 11 is -2.64. The van der Waals surface area contributed by atoms with Gasteiger partial charge in [-0.2, -0.15) is 0 Å². The van der Waals surface area contributed by atoms with E-state index in [0.29, 0.717) is 23.7 Å². The van der Waals surface area contributed by atoms with Crippen LogP contribution >= 0.6 is 0 Å². The minimum atomic E-state index is -2.64. The average molecular weight is 613 g/mol. The molecule has 2 aromatic carbocycles. The SMILES string of the molecule is C=C1C=C(C)[N](c2c(C(C)C)cccc2C(C)C)[Ge]([c]2n(C)c(C)c(C)[n+]2C)[N]1c1c(C(C)C)cccc1C(C)C. The molecule has 1 radical (unpaired) electrons. The zero-order valence-electron chi connectivity index (χ0n) is 27.8. The van der Waals surface area contributed by atoms with Gasteiger partial charge in [0.05, 0.1) is 0 Å². The zero-order valence-corrected chi connectivity index (χ0v) is 29.9. The number of anilines is 2. The standard InChI is InChI=1S/C36H52GeN4/c1-22(2)30-17-15-18-31(23(3)4)34(30)40-26(9)21-27(10)41(37(40)36-38(13)28(11)29(12)39(36)14)35-32(24(5)6)19-16-20-33(35)25(7)8/h15-25H,9H2,1-8,10-14H3/q+1. The van der Waals surface area contributed by atoms with Crippen molar-refractivity contribution in [3.63, 3.8) is 0 Å². The van der Waals surface area contributed by atoms with E-state index in [1.165, 1.54) is 55.4 Å². The van der Waals surface area contributed by atoms with Crippen LogP contribution < -0.4 is 16.9 Å². The summed E-state index contributed by atoms with van der Waals surface area (Å²) in [5, 5.41) is 0. The fourth-order valence-corrected chi connectivity index (χ4v) is 13.1. The summed E-state index contributed by atoms with van der Waals surface area (Å²) < 4.78 is 11.9. The Kier molecular flexibility index (Phi) is 9.04. The molecule has 0 bridgehead atoms. The van der Waals surface area contributed by atoms with Crippen molar-refractivity contribution in [1.82, 2.24) is 4.57 Å². The summed E-state index contributed by atoms with van der Waals surface area (Å²) in [5.41, 5.74) is 13.5. The van der Waals surface area contributed by atoms with E-state index in [0.717, 1.165) is 5.70 Å². The van der Waals surface area contributed by atoms with Crippen LogP contribution in [-0.4, -0.2) is 19.4 Å². The van der Waals surface area contributed by atoms with Crippen LogP contribution in [0.2, 0.25) is 0 Å². The summed E-state index contributed by atoms with van der Waals surface area (Å²) in [4.78, 5) is 0. The topological polar surface area (TPSA) is 15.3 Å². The molecule has 4 nitrogen and oxygen atoms in total. The van der Waals surface area contributed by atoms with Crippen molar-refractivity contribution in [3.8, 4) is 0 Å². The van der Waals surface area contributed by atoms with Crippen molar-refractivity contribution in [2.75, 3.05) is 7.71 Å². The van der Waals surface area contributed by atoms with Gasteiger partial charge in [-0.25, -0.2) is 0 Å². The Labute approximate surface area is 254 Å². The second-order valence-electron chi connectivity index (χ2n) is 13.1. The van der Waals surface area contributed by atoms with Gasteiger partial charge in [0.15, 0.2) is 0 Å². The fraction of sp³-hybridized carbons (Fsp3) is 0.472. The maximum atomic E-state index is 4.78. The summed E-state index contributed by atoms with van der Waals surface area (Å²) in [6.07, 6.45) is 2.33. The van der Waals surface area contributed by atoms with Gasteiger partial charge in [0.1, 0.15) is 0 Å². The first-order valence-corrected chi connectivity index (χ1v) is 18.2. The summed E-state index contributed by atoms with van der Waals surface area (Å²) in [5.74, 6) is 1.62. The number of rotatable bonds is 7. The van der Waals surface area contributed by atoms with Crippen LogP contribution in [-0.2, 0) is 14.1 Å². The molecule has 0 amide bonds. The van der Waals surface area contributed by atoms with E-state index in [1.807, 2.05) is 0 Å². The van der Waals surface area contributed by atoms with Gasteiger partial charge in [0, 0.05) is 0 Å². The second kappa shape index (κ2) is 11.9. The molecule has 1 aliphatic rings. The van der Waals surface area contributed by atoms with Crippen LogP contribution in [0.15, 0.2) is 60.4 Å². The first-order chi connectivity index (χ1) is 19.2. The van der Waals surface area contributed by atoms with E-state index >= 15 is 0 Å². The van der Waals surface area contributed by atoms with Crippen molar-refractivity contribution in [3.05, 3.63) is 94.1 Å². The third-order valence-corrected chi connectivity index (χ3v) is 15.2. The fourth-order valence-electron chi connectivity index (χ4n) is 6.37. The van der Waals surface area contributed by atoms with E-state index in [-0.39, 0.29) is 0 Å². The number of allylic oxidation sites excluding steroid dienone is 2. The average Bonchev–Trinajstić information content (AvgIpc) is 3.09. The molecule has 1 aromatic heterocycles. The Morgan fingerprint density at radius 1 is 0.683 bits per heavy atom. The third kappa shape index (κ3) is 5.33. The van der Waals surface area contributed by atoms with Gasteiger partial charge in [-0.15, -0.1) is 0 Å². The van der Waals surface area contributed by atoms with Crippen molar-refractivity contribution >= 4 is 30.8 Å². The number of hydrogen-bond acceptors (Lipinski definition) is 2. The Morgan fingerprint density at radius 3 is 1.41 bits per heavy atom. The zero-order chi connectivity index (χ0) is 30.5. The van der Waals surface area contributed by atoms with Crippen molar-refractivity contribution in [1.29, 1.82) is 0 Å². The van der Waals surface area contributed by atoms with Crippen molar-refractivity contribution < 1.29 is 4.57 Å². The summed E-state index contributed by atoms with van der Waals surface area (Å²) in [7, 11) is 4.53. The molecule has 0 aliphatic carbocycles. The van der Waals surface area contributed by atoms with Gasteiger partial charge >= 0.3 is 256 Å². The van der Waals surface area contributed by atoms with Crippen LogP contribution in [0.1, 0.15) is 120 Å². The molecular weight excluding hydrogens is 561 g/mol. The van der Waals surface area contributed by atoms with Crippen LogP contribution in [0.3, 0.4) is 0 Å². The molecule has 0 atom stereocenters. The maximum absolute atomic E-state index is 4.78. The van der Waals surface area contributed by atoms with Gasteiger partial charge in [0.2, 0.25) is 0 Å². The van der Waals surface area contributed by atoms with E-state index in [9.17, 15) is 0 Å². The molecule has 0 unspecified atom stereocenters. The predicted octanol–water partition coefficient (Wildman–Crippen LogP) is 8.10. The number of para-hydroxylation sites is 2. The molecule has 0 spiro atoms. The molecular formula is C36H52GeN4+. The predicted molar refractivity (Wildman–Crippen MR) is 179 cm³/mol. The molecule has 0 saturated heterocycles. The van der Waals surface area contributed by atoms with E-state index in [1.54, 1.807) is 0 Å². The molecule has 0 saturated carbocycles. The number of imidazole rings is 1. The Balaban J connectivity index is 2.21. The van der Waals surface area contributed by atoms with Gasteiger partial charge in [-0.3, -0.25) is 0 Å². The van der Waals surface area contributed by atoms with Crippen molar-refractivity contribution in [2.24, 2.45) is 14.1 Å². The second-order valence-corrected chi connectivity index (χ2v) is 17.2. The number of aromatic nitrogens is 2. The number of benzene rings is 2. The van der Waals surface area contributed by atoms with Crippen LogP contribution in [0.25, 0.3) is 0 Å². The van der Waals surface area contributed by atoms with Gasteiger partial charge in [-0.1, -0.05) is 0 Å². The van der Waals surface area contributed by atoms with Gasteiger partial charge in [0.25, 0.3) is 0 Å². The number of nitrogens with zero attached hydrogens (tertiary/aromatic N) is 4. The van der Waals surface area contributed by atoms with Crippen LogP contribution in [0, 0.1) is 13.8 Å². The van der Waals surface area contributed by atoms with E-state index in [4.69, 9.17) is 6.58 Å². The Morgan fingerprint density at radius 2 is 1.07 bits per heavy atom. The van der Waals surface area contributed by atoms with Crippen molar-refractivity contribution in [2.45, 2.75) is 99.8 Å². The van der Waals surface area contributed by atoms with Gasteiger partial charge in [-0.05, 0) is 0 Å². The Hall–Kier alpha value is -2.73. The van der Waals surface area contributed by atoms with Gasteiger partial charge < -0.3 is 0 Å². The Bertz CT molecular complexity index is 1410. The minimum absolute atomic E-state index is 0.399. The summed E-state index contributed by atoms with van der Waals surface area (Å²) in [6.45, 7) is 30.3.